The van der Waals surface area contributed by atoms with Crippen molar-refractivity contribution >= 4 is 5.91 Å². The summed E-state index contributed by atoms with van der Waals surface area (Å²) in [6.45, 7) is 1.45. The molecule has 1 aliphatic heterocycles. The molecule has 1 aliphatic rings. The summed E-state index contributed by atoms with van der Waals surface area (Å²) < 4.78 is 5.30. The molecule has 0 aliphatic carbocycles. The van der Waals surface area contributed by atoms with Crippen LogP contribution in [0.3, 0.4) is 0 Å². The van der Waals surface area contributed by atoms with Crippen LogP contribution in [0.1, 0.15) is 23.2 Å². The van der Waals surface area contributed by atoms with E-state index in [2.05, 4.69) is 5.32 Å². The highest BCUT2D eigenvalue weighted by Gasteiger charge is 2.16. The predicted octanol–water partition coefficient (Wildman–Crippen LogP) is 1.60. The Balaban J connectivity index is 1.91. The zero-order chi connectivity index (χ0) is 10.5. The molecule has 1 atom stereocenters. The summed E-state index contributed by atoms with van der Waals surface area (Å²) in [4.78, 5) is 11.7. The van der Waals surface area contributed by atoms with Crippen molar-refractivity contribution in [3.8, 4) is 0 Å². The van der Waals surface area contributed by atoms with Gasteiger partial charge >= 0.3 is 0 Å². The monoisotopic (exact) mass is 205 g/mol. The average molecular weight is 205 g/mol. The van der Waals surface area contributed by atoms with Gasteiger partial charge in [-0.05, 0) is 25.0 Å². The molecule has 1 heterocycles. The highest BCUT2D eigenvalue weighted by molar-refractivity contribution is 5.94. The van der Waals surface area contributed by atoms with Gasteiger partial charge in [0, 0.05) is 12.2 Å². The van der Waals surface area contributed by atoms with Crippen LogP contribution in [-0.2, 0) is 4.74 Å². The van der Waals surface area contributed by atoms with Crippen molar-refractivity contribution in [3.05, 3.63) is 35.9 Å². The number of carbonyl (C=O) groups excluding carboxylic acids is 1. The van der Waals surface area contributed by atoms with E-state index < -0.39 is 0 Å². The second-order valence-electron chi connectivity index (χ2n) is 3.75. The van der Waals surface area contributed by atoms with Gasteiger partial charge in [0.25, 0.3) is 5.91 Å². The van der Waals surface area contributed by atoms with E-state index in [9.17, 15) is 4.79 Å². The molecule has 1 amide bonds. The molecule has 1 unspecified atom stereocenters. The number of ether oxygens (including phenoxy) is 1. The van der Waals surface area contributed by atoms with Gasteiger partial charge in [-0.15, -0.1) is 0 Å². The number of rotatable bonds is 2. The van der Waals surface area contributed by atoms with Crippen LogP contribution in [0.25, 0.3) is 0 Å². The number of nitrogens with one attached hydrogen (secondary N) is 1. The minimum atomic E-state index is -0.00824. The molecule has 3 heteroatoms. The number of benzene rings is 1. The Hall–Kier alpha value is -1.35. The molecule has 15 heavy (non-hydrogen) atoms. The first-order chi connectivity index (χ1) is 7.36. The Morgan fingerprint density at radius 1 is 1.33 bits per heavy atom. The van der Waals surface area contributed by atoms with Crippen molar-refractivity contribution in [2.24, 2.45) is 0 Å². The maximum atomic E-state index is 11.7. The molecule has 0 spiro atoms. The van der Waals surface area contributed by atoms with E-state index >= 15 is 0 Å². The molecule has 1 saturated heterocycles. The van der Waals surface area contributed by atoms with E-state index in [0.29, 0.717) is 12.2 Å². The highest BCUT2D eigenvalue weighted by Crippen LogP contribution is 2.07. The zero-order valence-electron chi connectivity index (χ0n) is 8.61. The van der Waals surface area contributed by atoms with Gasteiger partial charge in [-0.3, -0.25) is 4.79 Å². The summed E-state index contributed by atoms with van der Waals surface area (Å²) >= 11 is 0. The fourth-order valence-electron chi connectivity index (χ4n) is 1.71. The first-order valence-corrected chi connectivity index (χ1v) is 5.30. The second-order valence-corrected chi connectivity index (χ2v) is 3.75. The van der Waals surface area contributed by atoms with Crippen molar-refractivity contribution < 1.29 is 9.53 Å². The minimum absolute atomic E-state index is 0.00824. The van der Waals surface area contributed by atoms with Gasteiger partial charge in [-0.1, -0.05) is 18.2 Å². The summed E-state index contributed by atoms with van der Waals surface area (Å²) in [6.07, 6.45) is 2.04. The first-order valence-electron chi connectivity index (χ1n) is 5.30. The molecule has 2 rings (SSSR count). The normalized spacial score (nSPS) is 20.9. The van der Waals surface area contributed by atoms with Crippen LogP contribution < -0.4 is 5.32 Å². The van der Waals surface area contributed by atoms with E-state index in [4.69, 9.17) is 4.74 Å². The highest BCUT2D eigenvalue weighted by atomic mass is 16.5. The van der Waals surface area contributed by atoms with Crippen LogP contribution >= 0.6 is 0 Å². The lowest BCUT2D eigenvalue weighted by atomic mass is 10.1. The second kappa shape index (κ2) is 4.94. The Labute approximate surface area is 89.4 Å². The van der Waals surface area contributed by atoms with Crippen molar-refractivity contribution in [2.45, 2.75) is 18.9 Å². The van der Waals surface area contributed by atoms with Crippen LogP contribution in [0.5, 0.6) is 0 Å². The van der Waals surface area contributed by atoms with Gasteiger partial charge in [-0.25, -0.2) is 0 Å². The summed E-state index contributed by atoms with van der Waals surface area (Å²) in [5.74, 6) is -0.00824. The summed E-state index contributed by atoms with van der Waals surface area (Å²) in [5, 5.41) is 2.97. The lowest BCUT2D eigenvalue weighted by Gasteiger charge is -2.23. The third-order valence-corrected chi connectivity index (χ3v) is 2.53. The van der Waals surface area contributed by atoms with Gasteiger partial charge in [0.1, 0.15) is 0 Å². The van der Waals surface area contributed by atoms with Gasteiger partial charge in [0.05, 0.1) is 12.6 Å². The molecule has 1 aromatic carbocycles. The first kappa shape index (κ1) is 10.2. The Bertz CT molecular complexity index is 318. The third kappa shape index (κ3) is 2.80. The summed E-state index contributed by atoms with van der Waals surface area (Å²) in [5.41, 5.74) is 0.711. The van der Waals surface area contributed by atoms with Gasteiger partial charge in [0.2, 0.25) is 0 Å². The van der Waals surface area contributed by atoms with E-state index in [1.54, 1.807) is 0 Å². The number of hydrogen-bond donors (Lipinski definition) is 1. The molecular formula is C12H15NO2. The Morgan fingerprint density at radius 2 is 2.13 bits per heavy atom. The topological polar surface area (TPSA) is 38.3 Å². The lowest BCUT2D eigenvalue weighted by molar-refractivity contribution is 0.0624. The fourth-order valence-corrected chi connectivity index (χ4v) is 1.71. The number of carbonyl (C=O) groups is 1. The zero-order valence-corrected chi connectivity index (χ0v) is 8.61. The maximum Gasteiger partial charge on any atom is 0.251 e. The molecule has 1 N–H and O–H groups in total. The van der Waals surface area contributed by atoms with Crippen LogP contribution in [0.4, 0.5) is 0 Å². The van der Waals surface area contributed by atoms with Crippen LogP contribution in [0, 0.1) is 0 Å². The molecule has 1 fully saturated rings. The Morgan fingerprint density at radius 3 is 2.80 bits per heavy atom. The van der Waals surface area contributed by atoms with E-state index in [1.807, 2.05) is 30.3 Å². The SMILES string of the molecule is O=C(NC1CCCOC1)c1ccccc1. The molecule has 1 aromatic rings. The van der Waals surface area contributed by atoms with Crippen LogP contribution in [0.2, 0.25) is 0 Å². The quantitative estimate of drug-likeness (QED) is 0.796. The number of hydrogen-bond acceptors (Lipinski definition) is 2. The smallest absolute Gasteiger partial charge is 0.251 e. The molecular weight excluding hydrogens is 190 g/mol. The predicted molar refractivity (Wildman–Crippen MR) is 57.7 cm³/mol. The molecule has 0 saturated carbocycles. The fraction of sp³-hybridized carbons (Fsp3) is 0.417. The van der Waals surface area contributed by atoms with E-state index in [0.717, 1.165) is 19.4 Å². The summed E-state index contributed by atoms with van der Waals surface area (Å²) in [7, 11) is 0. The molecule has 0 bridgehead atoms. The van der Waals surface area contributed by atoms with E-state index in [-0.39, 0.29) is 11.9 Å². The van der Waals surface area contributed by atoms with Crippen molar-refractivity contribution in [1.82, 2.24) is 5.32 Å². The lowest BCUT2D eigenvalue weighted by Crippen LogP contribution is -2.40. The molecule has 3 nitrogen and oxygen atoms in total. The largest absolute Gasteiger partial charge is 0.379 e. The van der Waals surface area contributed by atoms with Crippen LogP contribution in [0.15, 0.2) is 30.3 Å². The van der Waals surface area contributed by atoms with Crippen molar-refractivity contribution in [3.63, 3.8) is 0 Å². The maximum absolute atomic E-state index is 11.7. The van der Waals surface area contributed by atoms with Gasteiger partial charge in [0.15, 0.2) is 0 Å². The third-order valence-electron chi connectivity index (χ3n) is 2.53. The standard InChI is InChI=1S/C12H15NO2/c14-12(10-5-2-1-3-6-10)13-11-7-4-8-15-9-11/h1-3,5-6,11H,4,7-9H2,(H,13,14). The van der Waals surface area contributed by atoms with Gasteiger partial charge in [-0.2, -0.15) is 0 Å². The van der Waals surface area contributed by atoms with Crippen molar-refractivity contribution in [1.29, 1.82) is 0 Å². The van der Waals surface area contributed by atoms with Gasteiger partial charge < -0.3 is 10.1 Å². The molecule has 80 valence electrons. The average Bonchev–Trinajstić information content (AvgIpc) is 2.31. The summed E-state index contributed by atoms with van der Waals surface area (Å²) in [6, 6.07) is 9.45. The minimum Gasteiger partial charge on any atom is -0.379 e. The molecule has 0 aromatic heterocycles. The number of amides is 1. The van der Waals surface area contributed by atoms with Crippen molar-refractivity contribution in [2.75, 3.05) is 13.2 Å². The van der Waals surface area contributed by atoms with E-state index in [1.165, 1.54) is 0 Å². The molecule has 0 radical (unpaired) electrons. The van der Waals surface area contributed by atoms with Crippen LogP contribution in [-0.4, -0.2) is 25.2 Å². The Kier molecular flexibility index (Phi) is 3.35.